The summed E-state index contributed by atoms with van der Waals surface area (Å²) in [6, 6.07) is 4.50. The summed E-state index contributed by atoms with van der Waals surface area (Å²) in [4.78, 5) is 1.72. The van der Waals surface area contributed by atoms with Crippen molar-refractivity contribution in [1.82, 2.24) is 0 Å². The molecule has 94 valence electrons. The van der Waals surface area contributed by atoms with E-state index in [9.17, 15) is 9.50 Å². The molecule has 0 aromatic heterocycles. The third-order valence-electron chi connectivity index (χ3n) is 2.92. The first-order valence-electron chi connectivity index (χ1n) is 5.29. The van der Waals surface area contributed by atoms with Crippen LogP contribution in [0, 0.1) is 11.2 Å². The van der Waals surface area contributed by atoms with Crippen molar-refractivity contribution in [2.45, 2.75) is 19.4 Å². The number of nitrogens with two attached hydrogens (primary N) is 1. The van der Waals surface area contributed by atoms with Crippen LogP contribution < -0.4 is 10.6 Å². The minimum Gasteiger partial charge on any atom is -0.394 e. The number of rotatable bonds is 4. The number of nitrogens with zero attached hydrogens (tertiary/aromatic N) is 1. The zero-order valence-corrected chi connectivity index (χ0v) is 10.3. The van der Waals surface area contributed by atoms with Gasteiger partial charge in [0.15, 0.2) is 0 Å². The molecular weight excluding hydrogens is 221 g/mol. The number of nitrogen functional groups attached to an aromatic ring is 1. The van der Waals surface area contributed by atoms with Crippen LogP contribution in [-0.4, -0.2) is 30.1 Å². The van der Waals surface area contributed by atoms with Crippen LogP contribution in [0.5, 0.6) is 0 Å². The van der Waals surface area contributed by atoms with Gasteiger partial charge in [0, 0.05) is 7.05 Å². The first-order chi connectivity index (χ1) is 7.81. The maximum absolute atomic E-state index is 13.6. The molecule has 1 rings (SSSR count). The Balaban J connectivity index is 3.32. The number of aliphatic hydroxyl groups excluding tert-OH is 1. The predicted molar refractivity (Wildman–Crippen MR) is 67.0 cm³/mol. The number of nitrogens with one attached hydrogen (secondary N) is 1. The molecule has 0 saturated heterocycles. The molecule has 0 aliphatic heterocycles. The zero-order valence-electron chi connectivity index (χ0n) is 10.3. The minimum atomic E-state index is -0.558. The SMILES string of the molecule is CN(c1cccc(F)c1C(=N)N)C(C)(C)CO. The van der Waals surface area contributed by atoms with E-state index in [-0.39, 0.29) is 18.0 Å². The van der Waals surface area contributed by atoms with Crippen LogP contribution in [0.2, 0.25) is 0 Å². The maximum Gasteiger partial charge on any atom is 0.136 e. The van der Waals surface area contributed by atoms with E-state index >= 15 is 0 Å². The van der Waals surface area contributed by atoms with Crippen LogP contribution in [0.3, 0.4) is 0 Å². The summed E-state index contributed by atoms with van der Waals surface area (Å²) in [7, 11) is 1.73. The van der Waals surface area contributed by atoms with Crippen molar-refractivity contribution >= 4 is 11.5 Å². The molecule has 0 bridgehead atoms. The Morgan fingerprint density at radius 1 is 1.53 bits per heavy atom. The molecule has 0 radical (unpaired) electrons. The fourth-order valence-electron chi connectivity index (χ4n) is 1.49. The third kappa shape index (κ3) is 2.55. The van der Waals surface area contributed by atoms with E-state index in [4.69, 9.17) is 11.1 Å². The van der Waals surface area contributed by atoms with Crippen molar-refractivity contribution in [2.24, 2.45) is 5.73 Å². The molecule has 0 heterocycles. The van der Waals surface area contributed by atoms with Crippen molar-refractivity contribution in [3.05, 3.63) is 29.6 Å². The molecule has 0 fully saturated rings. The number of amidine groups is 1. The van der Waals surface area contributed by atoms with Gasteiger partial charge in [-0.3, -0.25) is 5.41 Å². The molecule has 0 atom stereocenters. The lowest BCUT2D eigenvalue weighted by molar-refractivity contribution is 0.216. The van der Waals surface area contributed by atoms with Gasteiger partial charge in [-0.05, 0) is 26.0 Å². The molecule has 1 aromatic carbocycles. The average molecular weight is 239 g/mol. The second kappa shape index (κ2) is 4.71. The summed E-state index contributed by atoms with van der Waals surface area (Å²) in [5.41, 5.74) is 5.40. The smallest absolute Gasteiger partial charge is 0.136 e. The van der Waals surface area contributed by atoms with Gasteiger partial charge in [-0.25, -0.2) is 4.39 Å². The largest absolute Gasteiger partial charge is 0.394 e. The fraction of sp³-hybridized carbons (Fsp3) is 0.417. The van der Waals surface area contributed by atoms with Crippen LogP contribution in [0.25, 0.3) is 0 Å². The molecule has 5 heteroatoms. The molecule has 0 amide bonds. The number of aliphatic hydroxyl groups is 1. The predicted octanol–water partition coefficient (Wildman–Crippen LogP) is 1.32. The first-order valence-corrected chi connectivity index (χ1v) is 5.29. The minimum absolute atomic E-state index is 0.0662. The van der Waals surface area contributed by atoms with E-state index in [0.29, 0.717) is 5.69 Å². The van der Waals surface area contributed by atoms with Crippen molar-refractivity contribution in [3.63, 3.8) is 0 Å². The topological polar surface area (TPSA) is 73.3 Å². The normalized spacial score (nSPS) is 11.4. The Kier molecular flexibility index (Phi) is 3.72. The summed E-state index contributed by atoms with van der Waals surface area (Å²) < 4.78 is 13.6. The van der Waals surface area contributed by atoms with Gasteiger partial charge in [0.05, 0.1) is 23.4 Å². The van der Waals surface area contributed by atoms with E-state index in [0.717, 1.165) is 0 Å². The molecule has 1 aromatic rings. The van der Waals surface area contributed by atoms with Gasteiger partial charge in [0.2, 0.25) is 0 Å². The van der Waals surface area contributed by atoms with Crippen molar-refractivity contribution < 1.29 is 9.50 Å². The highest BCUT2D eigenvalue weighted by molar-refractivity contribution is 6.00. The number of anilines is 1. The molecule has 0 unspecified atom stereocenters. The zero-order chi connectivity index (χ0) is 13.2. The van der Waals surface area contributed by atoms with Crippen LogP contribution in [0.1, 0.15) is 19.4 Å². The highest BCUT2D eigenvalue weighted by Crippen LogP contribution is 2.27. The Bertz CT molecular complexity index is 432. The molecule has 17 heavy (non-hydrogen) atoms. The van der Waals surface area contributed by atoms with Gasteiger partial charge < -0.3 is 15.7 Å². The van der Waals surface area contributed by atoms with Gasteiger partial charge in [-0.2, -0.15) is 0 Å². The molecule has 0 saturated carbocycles. The lowest BCUT2D eigenvalue weighted by atomic mass is 10.0. The van der Waals surface area contributed by atoms with E-state index < -0.39 is 11.4 Å². The maximum atomic E-state index is 13.6. The number of halogens is 1. The van der Waals surface area contributed by atoms with Gasteiger partial charge in [-0.15, -0.1) is 0 Å². The molecule has 4 nitrogen and oxygen atoms in total. The van der Waals surface area contributed by atoms with Gasteiger partial charge in [0.1, 0.15) is 11.7 Å². The Morgan fingerprint density at radius 3 is 2.59 bits per heavy atom. The molecular formula is C12H18FN3O. The number of benzene rings is 1. The van der Waals surface area contributed by atoms with Gasteiger partial charge in [0.25, 0.3) is 0 Å². The van der Waals surface area contributed by atoms with Crippen LogP contribution in [-0.2, 0) is 0 Å². The highest BCUT2D eigenvalue weighted by Gasteiger charge is 2.26. The first kappa shape index (κ1) is 13.4. The van der Waals surface area contributed by atoms with Crippen molar-refractivity contribution in [1.29, 1.82) is 5.41 Å². The molecule has 0 aliphatic carbocycles. The number of likely N-dealkylation sites (N-methyl/N-ethyl adjacent to an activating group) is 1. The van der Waals surface area contributed by atoms with Crippen molar-refractivity contribution in [2.75, 3.05) is 18.6 Å². The van der Waals surface area contributed by atoms with E-state index in [1.807, 2.05) is 13.8 Å². The summed E-state index contributed by atoms with van der Waals surface area (Å²) in [6.45, 7) is 3.56. The van der Waals surface area contributed by atoms with Crippen molar-refractivity contribution in [3.8, 4) is 0 Å². The summed E-state index contributed by atoms with van der Waals surface area (Å²) in [6.07, 6.45) is 0. The molecule has 0 aliphatic rings. The lowest BCUT2D eigenvalue weighted by Gasteiger charge is -2.37. The summed E-state index contributed by atoms with van der Waals surface area (Å²) in [5.74, 6) is -0.853. The van der Waals surface area contributed by atoms with Gasteiger partial charge >= 0.3 is 0 Å². The third-order valence-corrected chi connectivity index (χ3v) is 2.92. The standard InChI is InChI=1S/C12H18FN3O/c1-12(2,7-17)16(3)9-6-4-5-8(13)10(9)11(14)15/h4-6,17H,7H2,1-3H3,(H3,14,15). The van der Waals surface area contributed by atoms with Crippen LogP contribution in [0.4, 0.5) is 10.1 Å². The average Bonchev–Trinajstić information content (AvgIpc) is 2.27. The summed E-state index contributed by atoms with van der Waals surface area (Å²) in [5, 5.41) is 16.7. The van der Waals surface area contributed by atoms with Crippen LogP contribution in [0.15, 0.2) is 18.2 Å². The molecule has 0 spiro atoms. The van der Waals surface area contributed by atoms with E-state index in [1.165, 1.54) is 6.07 Å². The fourth-order valence-corrected chi connectivity index (χ4v) is 1.49. The molecule has 4 N–H and O–H groups in total. The number of hydrogen-bond donors (Lipinski definition) is 3. The summed E-state index contributed by atoms with van der Waals surface area (Å²) >= 11 is 0. The van der Waals surface area contributed by atoms with Gasteiger partial charge in [-0.1, -0.05) is 6.07 Å². The Hall–Kier alpha value is -1.62. The monoisotopic (exact) mass is 239 g/mol. The van der Waals surface area contributed by atoms with E-state index in [2.05, 4.69) is 0 Å². The second-order valence-electron chi connectivity index (χ2n) is 4.58. The van der Waals surface area contributed by atoms with Crippen LogP contribution >= 0.6 is 0 Å². The second-order valence-corrected chi connectivity index (χ2v) is 4.58. The Labute approximate surface area is 100 Å². The quantitative estimate of drug-likeness (QED) is 0.548. The highest BCUT2D eigenvalue weighted by atomic mass is 19.1. The number of hydrogen-bond acceptors (Lipinski definition) is 3. The lowest BCUT2D eigenvalue weighted by Crippen LogP contribution is -2.45. The van der Waals surface area contributed by atoms with E-state index in [1.54, 1.807) is 24.1 Å². The Morgan fingerprint density at radius 2 is 2.12 bits per heavy atom.